The summed E-state index contributed by atoms with van der Waals surface area (Å²) in [6.45, 7) is 2.07. The van der Waals surface area contributed by atoms with Crippen LogP contribution in [0.25, 0.3) is 6.08 Å². The van der Waals surface area contributed by atoms with Crippen molar-refractivity contribution in [3.8, 4) is 5.75 Å². The standard InChI is InChI=1S/C28H28FN3O3/c1-31(17-15-21-9-3-2-4-10-21)18-16-30-27(33)20-32-24-13-7-8-14-25(24)35-26(28(32)34)19-22-11-5-6-12-23(22)29/h2-14,19H,15-18,20H2,1H3,(H,30,33)/p+1. The molecule has 1 aliphatic heterocycles. The number of para-hydroxylation sites is 2. The molecule has 0 radical (unpaired) electrons. The number of halogens is 1. The minimum atomic E-state index is -0.493. The van der Waals surface area contributed by atoms with E-state index in [1.54, 1.807) is 42.5 Å². The van der Waals surface area contributed by atoms with Gasteiger partial charge in [0.1, 0.15) is 12.4 Å². The molecule has 3 aromatic rings. The predicted molar refractivity (Wildman–Crippen MR) is 134 cm³/mol. The van der Waals surface area contributed by atoms with Crippen LogP contribution in [-0.4, -0.2) is 45.0 Å². The highest BCUT2D eigenvalue weighted by Gasteiger charge is 2.31. The first-order valence-corrected chi connectivity index (χ1v) is 11.7. The third kappa shape index (κ3) is 6.33. The van der Waals surface area contributed by atoms with Gasteiger partial charge in [-0.15, -0.1) is 0 Å². The molecule has 2 N–H and O–H groups in total. The van der Waals surface area contributed by atoms with E-state index in [4.69, 9.17) is 4.74 Å². The first kappa shape index (κ1) is 24.2. The Morgan fingerprint density at radius 1 is 1.00 bits per heavy atom. The molecule has 0 aliphatic carbocycles. The Balaban J connectivity index is 1.36. The zero-order chi connectivity index (χ0) is 24.6. The van der Waals surface area contributed by atoms with Crippen LogP contribution >= 0.6 is 0 Å². The van der Waals surface area contributed by atoms with Crippen molar-refractivity contribution >= 4 is 23.6 Å². The summed E-state index contributed by atoms with van der Waals surface area (Å²) in [5.74, 6) is -0.818. The van der Waals surface area contributed by atoms with Gasteiger partial charge in [-0.1, -0.05) is 60.7 Å². The summed E-state index contributed by atoms with van der Waals surface area (Å²) in [7, 11) is 2.09. The van der Waals surface area contributed by atoms with Gasteiger partial charge in [0.25, 0.3) is 5.91 Å². The van der Waals surface area contributed by atoms with Crippen molar-refractivity contribution in [1.82, 2.24) is 5.32 Å². The number of nitrogens with zero attached hydrogens (tertiary/aromatic N) is 1. The van der Waals surface area contributed by atoms with Crippen LogP contribution in [0.5, 0.6) is 5.75 Å². The van der Waals surface area contributed by atoms with Crippen molar-refractivity contribution in [2.45, 2.75) is 6.42 Å². The van der Waals surface area contributed by atoms with Gasteiger partial charge in [0.05, 0.1) is 32.4 Å². The van der Waals surface area contributed by atoms with Gasteiger partial charge in [-0.05, 0) is 29.8 Å². The Morgan fingerprint density at radius 3 is 2.51 bits per heavy atom. The molecule has 2 amide bonds. The minimum Gasteiger partial charge on any atom is -0.449 e. The zero-order valence-corrected chi connectivity index (χ0v) is 19.7. The summed E-state index contributed by atoms with van der Waals surface area (Å²) >= 11 is 0. The second-order valence-corrected chi connectivity index (χ2v) is 8.53. The quantitative estimate of drug-likeness (QED) is 0.469. The maximum absolute atomic E-state index is 14.1. The highest BCUT2D eigenvalue weighted by atomic mass is 19.1. The molecule has 0 bridgehead atoms. The van der Waals surface area contributed by atoms with Crippen molar-refractivity contribution in [3.63, 3.8) is 0 Å². The summed E-state index contributed by atoms with van der Waals surface area (Å²) in [4.78, 5) is 28.6. The lowest BCUT2D eigenvalue weighted by Crippen LogP contribution is -3.10. The third-order valence-electron chi connectivity index (χ3n) is 5.88. The van der Waals surface area contributed by atoms with Crippen molar-refractivity contribution in [2.75, 3.05) is 38.1 Å². The summed E-state index contributed by atoms with van der Waals surface area (Å²) in [5.41, 5.74) is 2.03. The van der Waals surface area contributed by atoms with Crippen LogP contribution in [0.15, 0.2) is 84.6 Å². The number of nitrogens with one attached hydrogen (secondary N) is 2. The smallest absolute Gasteiger partial charge is 0.294 e. The first-order valence-electron chi connectivity index (χ1n) is 11.7. The number of quaternary nitrogens is 1. The molecule has 1 unspecified atom stereocenters. The van der Waals surface area contributed by atoms with E-state index in [2.05, 4.69) is 24.5 Å². The van der Waals surface area contributed by atoms with Gasteiger partial charge in [-0.3, -0.25) is 14.5 Å². The lowest BCUT2D eigenvalue weighted by atomic mass is 10.1. The number of fused-ring (bicyclic) bond motifs is 1. The molecule has 6 nitrogen and oxygen atoms in total. The van der Waals surface area contributed by atoms with E-state index in [1.165, 1.54) is 27.5 Å². The van der Waals surface area contributed by atoms with Crippen LogP contribution < -0.4 is 19.9 Å². The maximum atomic E-state index is 14.1. The van der Waals surface area contributed by atoms with E-state index >= 15 is 0 Å². The van der Waals surface area contributed by atoms with Gasteiger partial charge in [0.2, 0.25) is 5.91 Å². The van der Waals surface area contributed by atoms with E-state index in [0.717, 1.165) is 19.5 Å². The minimum absolute atomic E-state index is 0.0355. The maximum Gasteiger partial charge on any atom is 0.294 e. The van der Waals surface area contributed by atoms with E-state index in [9.17, 15) is 14.0 Å². The van der Waals surface area contributed by atoms with Crippen molar-refractivity contribution in [3.05, 3.63) is 102 Å². The highest BCUT2D eigenvalue weighted by Crippen LogP contribution is 2.35. The van der Waals surface area contributed by atoms with Crippen LogP contribution in [-0.2, 0) is 16.0 Å². The Kier molecular flexibility index (Phi) is 7.90. The van der Waals surface area contributed by atoms with Crippen LogP contribution in [0.3, 0.4) is 0 Å². The van der Waals surface area contributed by atoms with Gasteiger partial charge in [-0.25, -0.2) is 4.39 Å². The fourth-order valence-corrected chi connectivity index (χ4v) is 3.89. The average Bonchev–Trinajstić information content (AvgIpc) is 2.87. The van der Waals surface area contributed by atoms with Crippen LogP contribution in [0, 0.1) is 5.82 Å². The molecule has 1 aliphatic rings. The van der Waals surface area contributed by atoms with E-state index < -0.39 is 11.7 Å². The summed E-state index contributed by atoms with van der Waals surface area (Å²) < 4.78 is 19.9. The topological polar surface area (TPSA) is 63.1 Å². The molecule has 7 heteroatoms. The fourth-order valence-electron chi connectivity index (χ4n) is 3.89. The number of amides is 2. The van der Waals surface area contributed by atoms with E-state index in [-0.39, 0.29) is 23.8 Å². The van der Waals surface area contributed by atoms with Gasteiger partial charge in [-0.2, -0.15) is 0 Å². The number of carbonyl (C=O) groups excluding carboxylic acids is 2. The Bertz CT molecular complexity index is 1210. The number of hydrogen-bond donors (Lipinski definition) is 2. The number of likely N-dealkylation sites (N-methyl/N-ethyl adjacent to an activating group) is 1. The molecule has 3 aromatic carbocycles. The third-order valence-corrected chi connectivity index (χ3v) is 5.88. The Morgan fingerprint density at radius 2 is 1.71 bits per heavy atom. The SMILES string of the molecule is C[NH+](CCNC(=O)CN1C(=O)C(=Cc2ccccc2F)Oc2ccccc21)CCc1ccccc1. The molecular weight excluding hydrogens is 445 g/mol. The lowest BCUT2D eigenvalue weighted by molar-refractivity contribution is -0.878. The number of rotatable bonds is 9. The number of carbonyl (C=O) groups is 2. The molecule has 0 saturated carbocycles. The van der Waals surface area contributed by atoms with Gasteiger partial charge in [0.15, 0.2) is 11.5 Å². The van der Waals surface area contributed by atoms with Crippen LogP contribution in [0.2, 0.25) is 0 Å². The fraction of sp³-hybridized carbons (Fsp3) is 0.214. The van der Waals surface area contributed by atoms with E-state index in [0.29, 0.717) is 18.0 Å². The molecule has 1 heterocycles. The lowest BCUT2D eigenvalue weighted by Gasteiger charge is -2.30. The molecular formula is C28H29FN3O3+. The Hall–Kier alpha value is -3.97. The molecule has 180 valence electrons. The summed E-state index contributed by atoms with van der Waals surface area (Å²) in [6.07, 6.45) is 2.33. The average molecular weight is 475 g/mol. The molecule has 1 atom stereocenters. The van der Waals surface area contributed by atoms with E-state index in [1.807, 2.05) is 18.2 Å². The Labute approximate surface area is 204 Å². The second kappa shape index (κ2) is 11.4. The van der Waals surface area contributed by atoms with Gasteiger partial charge < -0.3 is 15.0 Å². The number of anilines is 1. The molecule has 0 spiro atoms. The molecule has 0 aromatic heterocycles. The van der Waals surface area contributed by atoms with Crippen molar-refractivity contribution in [2.24, 2.45) is 0 Å². The summed E-state index contributed by atoms with van der Waals surface area (Å²) in [6, 6.07) is 23.4. The second-order valence-electron chi connectivity index (χ2n) is 8.53. The molecule has 35 heavy (non-hydrogen) atoms. The number of benzene rings is 3. The van der Waals surface area contributed by atoms with Crippen molar-refractivity contribution in [1.29, 1.82) is 0 Å². The monoisotopic (exact) mass is 474 g/mol. The van der Waals surface area contributed by atoms with Crippen LogP contribution in [0.1, 0.15) is 11.1 Å². The van der Waals surface area contributed by atoms with Gasteiger partial charge >= 0.3 is 0 Å². The predicted octanol–water partition coefficient (Wildman–Crippen LogP) is 2.47. The molecule has 4 rings (SSSR count). The highest BCUT2D eigenvalue weighted by molar-refractivity contribution is 6.12. The number of hydrogen-bond acceptors (Lipinski definition) is 3. The van der Waals surface area contributed by atoms with Crippen LogP contribution in [0.4, 0.5) is 10.1 Å². The molecule has 0 fully saturated rings. The normalized spacial score (nSPS) is 14.9. The van der Waals surface area contributed by atoms with Crippen molar-refractivity contribution < 1.29 is 23.6 Å². The molecule has 0 saturated heterocycles. The largest absolute Gasteiger partial charge is 0.449 e. The first-order chi connectivity index (χ1) is 17.0. The number of ether oxygens (including phenoxy) is 1. The summed E-state index contributed by atoms with van der Waals surface area (Å²) in [5, 5.41) is 2.91. The zero-order valence-electron chi connectivity index (χ0n) is 19.7. The van der Waals surface area contributed by atoms with Gasteiger partial charge in [0, 0.05) is 12.0 Å².